The summed E-state index contributed by atoms with van der Waals surface area (Å²) in [5.41, 5.74) is 2.59. The highest BCUT2D eigenvalue weighted by atomic mass is 16.5. The molecule has 0 fully saturated rings. The van der Waals surface area contributed by atoms with Crippen molar-refractivity contribution in [1.82, 2.24) is 0 Å². The Morgan fingerprint density at radius 2 is 1.77 bits per heavy atom. The first-order chi connectivity index (χ1) is 6.27. The van der Waals surface area contributed by atoms with Crippen LogP contribution in [0.1, 0.15) is 37.5 Å². The molecule has 0 bridgehead atoms. The number of benzene rings is 1. The van der Waals surface area contributed by atoms with E-state index in [2.05, 4.69) is 38.1 Å². The smallest absolute Gasteiger partial charge is 0.0822 e. The molecule has 72 valence electrons. The first-order valence-corrected chi connectivity index (χ1v) is 4.96. The Bertz CT molecular complexity index is 238. The van der Waals surface area contributed by atoms with Gasteiger partial charge in [0.05, 0.1) is 6.10 Å². The normalized spacial score (nSPS) is 12.8. The number of aryl methyl sites for hydroxylation is 1. The molecule has 0 aromatic heterocycles. The van der Waals surface area contributed by atoms with Crippen LogP contribution in [-0.2, 0) is 4.74 Å². The van der Waals surface area contributed by atoms with Crippen LogP contribution in [-0.4, -0.2) is 6.61 Å². The highest BCUT2D eigenvalue weighted by molar-refractivity contribution is 5.23. The van der Waals surface area contributed by atoms with E-state index in [9.17, 15) is 0 Å². The van der Waals surface area contributed by atoms with E-state index in [4.69, 9.17) is 4.74 Å². The van der Waals surface area contributed by atoms with E-state index in [0.29, 0.717) is 0 Å². The zero-order chi connectivity index (χ0) is 9.68. The molecule has 1 aromatic carbocycles. The van der Waals surface area contributed by atoms with Crippen LogP contribution in [0, 0.1) is 6.92 Å². The van der Waals surface area contributed by atoms with Crippen LogP contribution in [0.15, 0.2) is 24.3 Å². The Morgan fingerprint density at radius 3 is 2.23 bits per heavy atom. The molecule has 1 aromatic rings. The van der Waals surface area contributed by atoms with Crippen LogP contribution in [0.2, 0.25) is 0 Å². The lowest BCUT2D eigenvalue weighted by atomic mass is 10.1. The predicted molar refractivity (Wildman–Crippen MR) is 55.8 cm³/mol. The van der Waals surface area contributed by atoms with Crippen molar-refractivity contribution in [2.75, 3.05) is 6.61 Å². The van der Waals surface area contributed by atoms with Crippen LogP contribution >= 0.6 is 0 Å². The summed E-state index contributed by atoms with van der Waals surface area (Å²) >= 11 is 0. The van der Waals surface area contributed by atoms with Crippen molar-refractivity contribution in [3.05, 3.63) is 35.4 Å². The summed E-state index contributed by atoms with van der Waals surface area (Å²) in [6.45, 7) is 7.08. The van der Waals surface area contributed by atoms with Gasteiger partial charge in [-0.1, -0.05) is 36.8 Å². The fourth-order valence-electron chi connectivity index (χ4n) is 1.43. The Balaban J connectivity index is 2.73. The van der Waals surface area contributed by atoms with Crippen molar-refractivity contribution in [1.29, 1.82) is 0 Å². The summed E-state index contributed by atoms with van der Waals surface area (Å²) in [7, 11) is 0. The van der Waals surface area contributed by atoms with Crippen molar-refractivity contribution in [2.24, 2.45) is 0 Å². The highest BCUT2D eigenvalue weighted by Crippen LogP contribution is 2.20. The largest absolute Gasteiger partial charge is 0.374 e. The van der Waals surface area contributed by atoms with Gasteiger partial charge in [0, 0.05) is 6.61 Å². The molecule has 0 saturated carbocycles. The molecular formula is C12H18O. The molecule has 1 unspecified atom stereocenters. The molecule has 0 aliphatic heterocycles. The SMILES string of the molecule is CCOC(CC)c1ccc(C)cc1. The van der Waals surface area contributed by atoms with Gasteiger partial charge in [0.2, 0.25) is 0 Å². The standard InChI is InChI=1S/C12H18O/c1-4-12(13-5-2)11-8-6-10(3)7-9-11/h6-9,12H,4-5H2,1-3H3. The maximum atomic E-state index is 5.62. The second kappa shape index (κ2) is 5.03. The lowest BCUT2D eigenvalue weighted by Gasteiger charge is -2.15. The van der Waals surface area contributed by atoms with E-state index in [0.717, 1.165) is 13.0 Å². The zero-order valence-corrected chi connectivity index (χ0v) is 8.71. The van der Waals surface area contributed by atoms with Crippen molar-refractivity contribution in [3.63, 3.8) is 0 Å². The molecule has 0 aliphatic rings. The van der Waals surface area contributed by atoms with Gasteiger partial charge in [-0.3, -0.25) is 0 Å². The Labute approximate surface area is 80.7 Å². The molecule has 0 saturated heterocycles. The molecule has 0 aliphatic carbocycles. The number of hydrogen-bond acceptors (Lipinski definition) is 1. The van der Waals surface area contributed by atoms with Gasteiger partial charge in [0.1, 0.15) is 0 Å². The monoisotopic (exact) mass is 178 g/mol. The molecule has 0 radical (unpaired) electrons. The minimum Gasteiger partial charge on any atom is -0.374 e. The van der Waals surface area contributed by atoms with E-state index in [1.807, 2.05) is 6.92 Å². The van der Waals surface area contributed by atoms with E-state index in [1.54, 1.807) is 0 Å². The molecule has 1 nitrogen and oxygen atoms in total. The second-order valence-electron chi connectivity index (χ2n) is 3.26. The lowest BCUT2D eigenvalue weighted by molar-refractivity contribution is 0.0598. The van der Waals surface area contributed by atoms with Crippen LogP contribution in [0.4, 0.5) is 0 Å². The molecule has 1 rings (SSSR count). The Morgan fingerprint density at radius 1 is 1.15 bits per heavy atom. The third-order valence-electron chi connectivity index (χ3n) is 2.19. The topological polar surface area (TPSA) is 9.23 Å². The fourth-order valence-corrected chi connectivity index (χ4v) is 1.43. The number of rotatable bonds is 4. The van der Waals surface area contributed by atoms with E-state index in [1.165, 1.54) is 11.1 Å². The minimum atomic E-state index is 0.269. The third kappa shape index (κ3) is 2.85. The summed E-state index contributed by atoms with van der Waals surface area (Å²) in [6.07, 6.45) is 1.31. The van der Waals surface area contributed by atoms with Gasteiger partial charge in [0.25, 0.3) is 0 Å². The quantitative estimate of drug-likeness (QED) is 0.685. The van der Waals surface area contributed by atoms with Crippen LogP contribution < -0.4 is 0 Å². The molecule has 13 heavy (non-hydrogen) atoms. The average Bonchev–Trinajstić information content (AvgIpc) is 2.16. The van der Waals surface area contributed by atoms with Gasteiger partial charge in [0.15, 0.2) is 0 Å². The summed E-state index contributed by atoms with van der Waals surface area (Å²) < 4.78 is 5.62. The average molecular weight is 178 g/mol. The van der Waals surface area contributed by atoms with Crippen molar-refractivity contribution < 1.29 is 4.74 Å². The van der Waals surface area contributed by atoms with Gasteiger partial charge in [-0.25, -0.2) is 0 Å². The van der Waals surface area contributed by atoms with E-state index in [-0.39, 0.29) is 6.10 Å². The van der Waals surface area contributed by atoms with Crippen molar-refractivity contribution in [3.8, 4) is 0 Å². The molecule has 0 amide bonds. The van der Waals surface area contributed by atoms with E-state index < -0.39 is 0 Å². The molecule has 0 N–H and O–H groups in total. The van der Waals surface area contributed by atoms with Gasteiger partial charge in [-0.2, -0.15) is 0 Å². The lowest BCUT2D eigenvalue weighted by Crippen LogP contribution is -2.02. The summed E-state index contributed by atoms with van der Waals surface area (Å²) in [6, 6.07) is 8.58. The van der Waals surface area contributed by atoms with Crippen LogP contribution in [0.5, 0.6) is 0 Å². The maximum absolute atomic E-state index is 5.62. The minimum absolute atomic E-state index is 0.269. The van der Waals surface area contributed by atoms with Crippen LogP contribution in [0.3, 0.4) is 0 Å². The second-order valence-corrected chi connectivity index (χ2v) is 3.26. The third-order valence-corrected chi connectivity index (χ3v) is 2.19. The summed E-state index contributed by atoms with van der Waals surface area (Å²) in [4.78, 5) is 0. The van der Waals surface area contributed by atoms with Crippen LogP contribution in [0.25, 0.3) is 0 Å². The summed E-state index contributed by atoms with van der Waals surface area (Å²) in [5, 5.41) is 0. The molecule has 1 heteroatoms. The zero-order valence-electron chi connectivity index (χ0n) is 8.71. The highest BCUT2D eigenvalue weighted by Gasteiger charge is 2.07. The molecule has 0 heterocycles. The van der Waals surface area contributed by atoms with Gasteiger partial charge >= 0.3 is 0 Å². The Kier molecular flexibility index (Phi) is 3.97. The maximum Gasteiger partial charge on any atom is 0.0822 e. The van der Waals surface area contributed by atoms with Gasteiger partial charge < -0.3 is 4.74 Å². The number of hydrogen-bond donors (Lipinski definition) is 0. The van der Waals surface area contributed by atoms with Gasteiger partial charge in [-0.15, -0.1) is 0 Å². The van der Waals surface area contributed by atoms with Crippen molar-refractivity contribution >= 4 is 0 Å². The van der Waals surface area contributed by atoms with Gasteiger partial charge in [-0.05, 0) is 25.8 Å². The van der Waals surface area contributed by atoms with E-state index >= 15 is 0 Å². The molecule has 0 spiro atoms. The molecular weight excluding hydrogens is 160 g/mol. The molecule has 1 atom stereocenters. The number of ether oxygens (including phenoxy) is 1. The first-order valence-electron chi connectivity index (χ1n) is 4.96. The first kappa shape index (κ1) is 10.3. The predicted octanol–water partition coefficient (Wildman–Crippen LogP) is 3.48. The Hall–Kier alpha value is -0.820. The fraction of sp³-hybridized carbons (Fsp3) is 0.500. The van der Waals surface area contributed by atoms with Crippen molar-refractivity contribution in [2.45, 2.75) is 33.3 Å². The summed E-state index contributed by atoms with van der Waals surface area (Å²) in [5.74, 6) is 0.